The van der Waals surface area contributed by atoms with Crippen LogP contribution >= 0.6 is 0 Å². The van der Waals surface area contributed by atoms with Gasteiger partial charge < -0.3 is 20.3 Å². The predicted octanol–water partition coefficient (Wildman–Crippen LogP) is 3.82. The Morgan fingerprint density at radius 1 is 1.12 bits per heavy atom. The van der Waals surface area contributed by atoms with Gasteiger partial charge in [0.2, 0.25) is 5.91 Å². The molecule has 5 nitrogen and oxygen atoms in total. The largest absolute Gasteiger partial charge is 0.374 e. The Morgan fingerprint density at radius 3 is 2.50 bits per heavy atom. The van der Waals surface area contributed by atoms with E-state index in [1.165, 1.54) is 58.0 Å². The quantitative estimate of drug-likeness (QED) is 0.455. The van der Waals surface area contributed by atoms with Crippen molar-refractivity contribution in [3.05, 3.63) is 0 Å². The highest BCUT2D eigenvalue weighted by Gasteiger charge is 2.20. The smallest absolute Gasteiger partial charge is 0.233 e. The molecule has 1 amide bonds. The summed E-state index contributed by atoms with van der Waals surface area (Å²) in [6, 6.07) is 0.360. The minimum absolute atomic E-state index is 0. The first-order valence-corrected chi connectivity index (χ1v) is 10.8. The van der Waals surface area contributed by atoms with Gasteiger partial charge in [0.1, 0.15) is 0 Å². The molecule has 1 unspecified atom stereocenters. The number of carbonyl (C=O) groups excluding carboxylic acids is 1. The van der Waals surface area contributed by atoms with Crippen LogP contribution in [0.25, 0.3) is 0 Å². The standard InChI is InChI=1S/C21H43N3O2.2H2/c1-18(2)23-16-21(25)22-13-9-7-5-6-8-10-14-24-15-11-12-20(17-24)26-19(3)4;;/h18-20,23H,5-17H2,1-4H3,(H,22,25);2*1H. The Labute approximate surface area is 164 Å². The minimum Gasteiger partial charge on any atom is -0.374 e. The van der Waals surface area contributed by atoms with E-state index in [2.05, 4.69) is 43.2 Å². The molecule has 0 aromatic heterocycles. The van der Waals surface area contributed by atoms with Crippen molar-refractivity contribution >= 4 is 5.91 Å². The highest BCUT2D eigenvalue weighted by molar-refractivity contribution is 5.77. The van der Waals surface area contributed by atoms with E-state index in [-0.39, 0.29) is 8.76 Å². The molecule has 158 valence electrons. The first kappa shape index (κ1) is 23.4. The van der Waals surface area contributed by atoms with E-state index in [0.717, 1.165) is 19.5 Å². The van der Waals surface area contributed by atoms with Gasteiger partial charge in [-0.2, -0.15) is 0 Å². The van der Waals surface area contributed by atoms with E-state index in [0.29, 0.717) is 24.8 Å². The van der Waals surface area contributed by atoms with Crippen LogP contribution in [-0.2, 0) is 9.53 Å². The molecule has 1 fully saturated rings. The predicted molar refractivity (Wildman–Crippen MR) is 114 cm³/mol. The lowest BCUT2D eigenvalue weighted by atomic mass is 10.1. The topological polar surface area (TPSA) is 53.6 Å². The molecule has 1 aliphatic rings. The van der Waals surface area contributed by atoms with Crippen LogP contribution < -0.4 is 10.6 Å². The number of ether oxygens (including phenoxy) is 1. The fourth-order valence-electron chi connectivity index (χ4n) is 3.47. The molecule has 1 saturated heterocycles. The van der Waals surface area contributed by atoms with Crippen LogP contribution in [0.3, 0.4) is 0 Å². The van der Waals surface area contributed by atoms with Gasteiger partial charge in [0, 0.05) is 22.0 Å². The second-order valence-electron chi connectivity index (χ2n) is 8.26. The van der Waals surface area contributed by atoms with E-state index in [9.17, 15) is 4.79 Å². The monoisotopic (exact) mass is 373 g/mol. The average molecular weight is 374 g/mol. The first-order valence-electron chi connectivity index (χ1n) is 10.8. The van der Waals surface area contributed by atoms with Crippen LogP contribution in [0, 0.1) is 0 Å². The number of hydrogen-bond donors (Lipinski definition) is 2. The van der Waals surface area contributed by atoms with Crippen molar-refractivity contribution in [3.8, 4) is 0 Å². The van der Waals surface area contributed by atoms with E-state index in [1.54, 1.807) is 0 Å². The molecule has 1 atom stereocenters. The van der Waals surface area contributed by atoms with Crippen LogP contribution in [0.2, 0.25) is 0 Å². The molecular weight excluding hydrogens is 326 g/mol. The van der Waals surface area contributed by atoms with Crippen LogP contribution in [0.5, 0.6) is 0 Å². The van der Waals surface area contributed by atoms with Gasteiger partial charge in [0.15, 0.2) is 0 Å². The van der Waals surface area contributed by atoms with Crippen molar-refractivity contribution in [3.63, 3.8) is 0 Å². The summed E-state index contributed by atoms with van der Waals surface area (Å²) in [4.78, 5) is 14.1. The zero-order chi connectivity index (χ0) is 19.2. The lowest BCUT2D eigenvalue weighted by molar-refractivity contribution is -0.120. The van der Waals surface area contributed by atoms with Crippen molar-refractivity contribution in [1.82, 2.24) is 15.5 Å². The van der Waals surface area contributed by atoms with Gasteiger partial charge in [-0.3, -0.25) is 4.79 Å². The molecule has 1 heterocycles. The van der Waals surface area contributed by atoms with Crippen molar-refractivity contribution in [2.45, 2.75) is 97.3 Å². The summed E-state index contributed by atoms with van der Waals surface area (Å²) in [5.74, 6) is 0.111. The Kier molecular flexibility index (Phi) is 13.0. The molecule has 5 heteroatoms. The number of unbranched alkanes of at least 4 members (excludes halogenated alkanes) is 5. The molecule has 1 aliphatic heterocycles. The Bertz CT molecular complexity index is 372. The summed E-state index contributed by atoms with van der Waals surface area (Å²) >= 11 is 0. The summed E-state index contributed by atoms with van der Waals surface area (Å²) in [5.41, 5.74) is 0. The number of piperidine rings is 1. The summed E-state index contributed by atoms with van der Waals surface area (Å²) in [6.45, 7) is 13.2. The first-order chi connectivity index (χ1) is 12.5. The molecule has 0 saturated carbocycles. The minimum atomic E-state index is 0. The molecule has 26 heavy (non-hydrogen) atoms. The zero-order valence-electron chi connectivity index (χ0n) is 17.7. The fraction of sp³-hybridized carbons (Fsp3) is 0.952. The van der Waals surface area contributed by atoms with Gasteiger partial charge in [0.05, 0.1) is 18.8 Å². The third kappa shape index (κ3) is 12.7. The van der Waals surface area contributed by atoms with Gasteiger partial charge in [-0.15, -0.1) is 0 Å². The van der Waals surface area contributed by atoms with Gasteiger partial charge in [-0.25, -0.2) is 0 Å². The number of hydrogen-bond acceptors (Lipinski definition) is 4. The molecule has 0 aromatic rings. The number of nitrogens with one attached hydrogen (secondary N) is 2. The van der Waals surface area contributed by atoms with Crippen molar-refractivity contribution < 1.29 is 12.4 Å². The second kappa shape index (κ2) is 14.4. The third-order valence-electron chi connectivity index (χ3n) is 4.82. The van der Waals surface area contributed by atoms with Crippen LogP contribution in [-0.4, -0.2) is 61.8 Å². The highest BCUT2D eigenvalue weighted by Crippen LogP contribution is 2.16. The Hall–Kier alpha value is -0.650. The molecule has 0 aromatic carbocycles. The fourth-order valence-corrected chi connectivity index (χ4v) is 3.47. The third-order valence-corrected chi connectivity index (χ3v) is 4.82. The van der Waals surface area contributed by atoms with E-state index in [4.69, 9.17) is 4.74 Å². The van der Waals surface area contributed by atoms with Crippen LogP contribution in [0.1, 0.15) is 81.9 Å². The lowest BCUT2D eigenvalue weighted by Gasteiger charge is -2.33. The Balaban J connectivity index is 0. The average Bonchev–Trinajstić information content (AvgIpc) is 2.58. The summed E-state index contributed by atoms with van der Waals surface area (Å²) in [7, 11) is 0. The second-order valence-corrected chi connectivity index (χ2v) is 8.26. The summed E-state index contributed by atoms with van der Waals surface area (Å²) < 4.78 is 5.97. The maximum Gasteiger partial charge on any atom is 0.233 e. The van der Waals surface area contributed by atoms with E-state index >= 15 is 0 Å². The maximum absolute atomic E-state index is 11.6. The molecule has 0 bridgehead atoms. The van der Waals surface area contributed by atoms with Gasteiger partial charge in [-0.05, 0) is 52.6 Å². The number of likely N-dealkylation sites (tertiary alicyclic amines) is 1. The Morgan fingerprint density at radius 2 is 1.81 bits per heavy atom. The van der Waals surface area contributed by atoms with Crippen molar-refractivity contribution in [2.75, 3.05) is 32.7 Å². The van der Waals surface area contributed by atoms with Gasteiger partial charge in [-0.1, -0.05) is 39.5 Å². The van der Waals surface area contributed by atoms with Crippen molar-refractivity contribution in [1.29, 1.82) is 0 Å². The van der Waals surface area contributed by atoms with Crippen LogP contribution in [0.15, 0.2) is 0 Å². The number of amides is 1. The molecule has 0 aliphatic carbocycles. The normalized spacial score (nSPS) is 18.6. The molecule has 0 spiro atoms. The highest BCUT2D eigenvalue weighted by atomic mass is 16.5. The van der Waals surface area contributed by atoms with Crippen LogP contribution in [0.4, 0.5) is 0 Å². The molecular formula is C21H47N3O2. The van der Waals surface area contributed by atoms with Gasteiger partial charge in [0.25, 0.3) is 0 Å². The number of nitrogens with zero attached hydrogens (tertiary/aromatic N) is 1. The molecule has 1 rings (SSSR count). The van der Waals surface area contributed by atoms with E-state index < -0.39 is 0 Å². The summed E-state index contributed by atoms with van der Waals surface area (Å²) in [5, 5.41) is 6.12. The zero-order valence-corrected chi connectivity index (χ0v) is 17.7. The lowest BCUT2D eigenvalue weighted by Crippen LogP contribution is -2.41. The number of carbonyl (C=O) groups is 1. The molecule has 2 N–H and O–H groups in total. The SMILES string of the molecule is CC(C)NCC(=O)NCCCCCCCCN1CCCC(OC(C)C)C1.[HH].[HH]. The van der Waals surface area contributed by atoms with Gasteiger partial charge >= 0.3 is 0 Å². The molecule has 0 radical (unpaired) electrons. The van der Waals surface area contributed by atoms with E-state index in [1.807, 2.05) is 0 Å². The van der Waals surface area contributed by atoms with Crippen molar-refractivity contribution in [2.24, 2.45) is 0 Å². The summed E-state index contributed by atoms with van der Waals surface area (Å²) in [6.07, 6.45) is 10.8. The number of rotatable bonds is 14. The maximum atomic E-state index is 11.6.